The van der Waals surface area contributed by atoms with Crippen molar-refractivity contribution in [1.82, 2.24) is 4.90 Å². The molecule has 0 aromatic carbocycles. The minimum absolute atomic E-state index is 0.0719. The van der Waals surface area contributed by atoms with Gasteiger partial charge in [0.15, 0.2) is 0 Å². The summed E-state index contributed by atoms with van der Waals surface area (Å²) in [7, 11) is -2.94. The van der Waals surface area contributed by atoms with Gasteiger partial charge >= 0.3 is 5.97 Å². The second kappa shape index (κ2) is 4.57. The van der Waals surface area contributed by atoms with Crippen LogP contribution in [0.5, 0.6) is 0 Å². The molecule has 0 aromatic rings. The molecule has 0 bridgehead atoms. The van der Waals surface area contributed by atoms with Crippen molar-refractivity contribution in [2.24, 2.45) is 0 Å². The third kappa shape index (κ3) is 2.80. The summed E-state index contributed by atoms with van der Waals surface area (Å²) in [6.07, 6.45) is 3.20. The second-order valence-electron chi connectivity index (χ2n) is 5.14. The van der Waals surface area contributed by atoms with Crippen LogP contribution < -0.4 is 0 Å². The smallest absolute Gasteiger partial charge is 0.305 e. The van der Waals surface area contributed by atoms with E-state index in [0.717, 1.165) is 25.9 Å². The Morgan fingerprint density at radius 1 is 1.18 bits per heavy atom. The van der Waals surface area contributed by atoms with E-state index in [9.17, 15) is 13.2 Å². The summed E-state index contributed by atoms with van der Waals surface area (Å²) in [4.78, 5) is 13.2. The third-order valence-electron chi connectivity index (χ3n) is 4.01. The van der Waals surface area contributed by atoms with Crippen LogP contribution in [0.15, 0.2) is 0 Å². The molecule has 2 fully saturated rings. The average Bonchev–Trinajstić information content (AvgIpc) is 2.75. The quantitative estimate of drug-likeness (QED) is 0.801. The van der Waals surface area contributed by atoms with Gasteiger partial charge in [-0.25, -0.2) is 8.42 Å². The molecule has 6 heteroatoms. The molecule has 0 aliphatic carbocycles. The fourth-order valence-corrected chi connectivity index (χ4v) is 4.58. The van der Waals surface area contributed by atoms with Crippen LogP contribution in [-0.2, 0) is 14.6 Å². The van der Waals surface area contributed by atoms with Gasteiger partial charge in [0.1, 0.15) is 9.84 Å². The lowest BCUT2D eigenvalue weighted by atomic mass is 9.86. The number of rotatable bonds is 3. The van der Waals surface area contributed by atoms with Gasteiger partial charge in [-0.15, -0.1) is 0 Å². The van der Waals surface area contributed by atoms with E-state index in [1.807, 2.05) is 0 Å². The maximum absolute atomic E-state index is 11.5. The number of likely N-dealkylation sites (tertiary alicyclic amines) is 1. The molecule has 2 heterocycles. The van der Waals surface area contributed by atoms with Crippen LogP contribution in [0.3, 0.4) is 0 Å². The molecule has 0 radical (unpaired) electrons. The molecule has 2 aliphatic heterocycles. The zero-order valence-electron chi connectivity index (χ0n) is 9.89. The number of sulfone groups is 1. The van der Waals surface area contributed by atoms with E-state index in [1.165, 1.54) is 0 Å². The fourth-order valence-electron chi connectivity index (χ4n) is 3.00. The first-order valence-corrected chi connectivity index (χ1v) is 7.93. The Labute approximate surface area is 102 Å². The second-order valence-corrected chi connectivity index (χ2v) is 7.44. The zero-order chi connectivity index (χ0) is 12.5. The molecule has 0 atom stereocenters. The molecule has 2 saturated heterocycles. The van der Waals surface area contributed by atoms with E-state index < -0.39 is 21.3 Å². The molecule has 98 valence electrons. The number of hydrogen-bond acceptors (Lipinski definition) is 4. The summed E-state index contributed by atoms with van der Waals surface area (Å²) in [6.45, 7) is 1.82. The predicted octanol–water partition coefficient (Wildman–Crippen LogP) is 0.504. The third-order valence-corrected chi connectivity index (χ3v) is 5.67. The topological polar surface area (TPSA) is 74.7 Å². The Hall–Kier alpha value is -0.620. The van der Waals surface area contributed by atoms with Crippen molar-refractivity contribution in [2.75, 3.05) is 24.6 Å². The molecule has 0 spiro atoms. The minimum atomic E-state index is -2.94. The lowest BCUT2D eigenvalue weighted by molar-refractivity contribution is -0.140. The van der Waals surface area contributed by atoms with E-state index in [2.05, 4.69) is 4.90 Å². The van der Waals surface area contributed by atoms with Crippen molar-refractivity contribution in [1.29, 1.82) is 0 Å². The van der Waals surface area contributed by atoms with Gasteiger partial charge < -0.3 is 5.11 Å². The Bertz CT molecular complexity index is 384. The van der Waals surface area contributed by atoms with Crippen LogP contribution in [0, 0.1) is 0 Å². The van der Waals surface area contributed by atoms with Gasteiger partial charge in [0, 0.05) is 5.54 Å². The Kier molecular flexibility index (Phi) is 3.45. The molecule has 17 heavy (non-hydrogen) atoms. The van der Waals surface area contributed by atoms with Crippen LogP contribution in [0.1, 0.15) is 32.1 Å². The number of carboxylic acids is 1. The van der Waals surface area contributed by atoms with Gasteiger partial charge in [-0.3, -0.25) is 9.69 Å². The van der Waals surface area contributed by atoms with E-state index in [-0.39, 0.29) is 17.9 Å². The molecule has 0 unspecified atom stereocenters. The average molecular weight is 261 g/mol. The molecule has 0 aromatic heterocycles. The molecule has 5 nitrogen and oxygen atoms in total. The first-order valence-electron chi connectivity index (χ1n) is 6.11. The largest absolute Gasteiger partial charge is 0.481 e. The highest BCUT2D eigenvalue weighted by atomic mass is 32.2. The maximum Gasteiger partial charge on any atom is 0.305 e. The Balaban J connectivity index is 2.16. The summed E-state index contributed by atoms with van der Waals surface area (Å²) in [5.41, 5.74) is -0.409. The van der Waals surface area contributed by atoms with Crippen LogP contribution in [-0.4, -0.2) is 54.5 Å². The van der Waals surface area contributed by atoms with E-state index >= 15 is 0 Å². The highest BCUT2D eigenvalue weighted by Gasteiger charge is 2.44. The number of carbonyl (C=O) groups is 1. The van der Waals surface area contributed by atoms with Crippen molar-refractivity contribution < 1.29 is 18.3 Å². The first kappa shape index (κ1) is 12.8. The van der Waals surface area contributed by atoms with Crippen LogP contribution in [0.2, 0.25) is 0 Å². The monoisotopic (exact) mass is 261 g/mol. The number of carboxylic acid groups (broad SMARTS) is 1. The van der Waals surface area contributed by atoms with Gasteiger partial charge in [-0.05, 0) is 38.8 Å². The summed E-state index contributed by atoms with van der Waals surface area (Å²) in [5, 5.41) is 9.05. The zero-order valence-corrected chi connectivity index (χ0v) is 10.7. The standard InChI is InChI=1S/C11H19NO4S/c13-10(14)9-11(12-5-1-2-6-12)3-7-17(15,16)8-4-11/h1-9H2,(H,13,14). The highest BCUT2D eigenvalue weighted by molar-refractivity contribution is 7.91. The van der Waals surface area contributed by atoms with Crippen molar-refractivity contribution >= 4 is 15.8 Å². The van der Waals surface area contributed by atoms with Crippen LogP contribution >= 0.6 is 0 Å². The van der Waals surface area contributed by atoms with Gasteiger partial charge in [0.25, 0.3) is 0 Å². The lowest BCUT2D eigenvalue weighted by Crippen LogP contribution is -2.53. The molecular formula is C11H19NO4S. The Morgan fingerprint density at radius 3 is 2.18 bits per heavy atom. The van der Waals surface area contributed by atoms with Crippen LogP contribution in [0.4, 0.5) is 0 Å². The summed E-state index contributed by atoms with van der Waals surface area (Å²) < 4.78 is 22.9. The van der Waals surface area contributed by atoms with Gasteiger partial charge in [-0.1, -0.05) is 0 Å². The normalized spacial score (nSPS) is 28.0. The van der Waals surface area contributed by atoms with E-state index in [0.29, 0.717) is 12.8 Å². The first-order chi connectivity index (χ1) is 7.94. The molecule has 1 N–H and O–H groups in total. The molecule has 0 saturated carbocycles. The number of aliphatic carboxylic acids is 1. The maximum atomic E-state index is 11.5. The minimum Gasteiger partial charge on any atom is -0.481 e. The van der Waals surface area contributed by atoms with Gasteiger partial charge in [0.2, 0.25) is 0 Å². The van der Waals surface area contributed by atoms with Crippen molar-refractivity contribution in [2.45, 2.75) is 37.6 Å². The van der Waals surface area contributed by atoms with Crippen LogP contribution in [0.25, 0.3) is 0 Å². The SMILES string of the molecule is O=C(O)CC1(N2CCCC2)CCS(=O)(=O)CC1. The summed E-state index contributed by atoms with van der Waals surface area (Å²) in [6, 6.07) is 0. The van der Waals surface area contributed by atoms with Gasteiger partial charge in [0.05, 0.1) is 17.9 Å². The molecule has 2 rings (SSSR count). The molecule has 2 aliphatic rings. The molecule has 0 amide bonds. The number of nitrogens with zero attached hydrogens (tertiary/aromatic N) is 1. The van der Waals surface area contributed by atoms with Crippen molar-refractivity contribution in [3.63, 3.8) is 0 Å². The predicted molar refractivity (Wildman–Crippen MR) is 63.7 cm³/mol. The van der Waals surface area contributed by atoms with Crippen molar-refractivity contribution in [3.8, 4) is 0 Å². The van der Waals surface area contributed by atoms with E-state index in [1.54, 1.807) is 0 Å². The summed E-state index contributed by atoms with van der Waals surface area (Å²) >= 11 is 0. The highest BCUT2D eigenvalue weighted by Crippen LogP contribution is 2.35. The van der Waals surface area contributed by atoms with Crippen molar-refractivity contribution in [3.05, 3.63) is 0 Å². The molecular weight excluding hydrogens is 242 g/mol. The van der Waals surface area contributed by atoms with Gasteiger partial charge in [-0.2, -0.15) is 0 Å². The van der Waals surface area contributed by atoms with E-state index in [4.69, 9.17) is 5.11 Å². The number of hydrogen-bond donors (Lipinski definition) is 1. The lowest BCUT2D eigenvalue weighted by Gasteiger charge is -2.43. The fraction of sp³-hybridized carbons (Fsp3) is 0.909. The summed E-state index contributed by atoms with van der Waals surface area (Å²) in [5.74, 6) is -0.552. The Morgan fingerprint density at radius 2 is 1.71 bits per heavy atom.